The Labute approximate surface area is 166 Å². The van der Waals surface area contributed by atoms with Crippen molar-refractivity contribution in [2.24, 2.45) is 0 Å². The van der Waals surface area contributed by atoms with E-state index in [9.17, 15) is 9.59 Å². The van der Waals surface area contributed by atoms with Gasteiger partial charge in [-0.3, -0.25) is 4.79 Å². The number of rotatable bonds is 6. The Kier molecular flexibility index (Phi) is 6.21. The molecule has 2 aromatic carbocycles. The fraction of sp³-hybridized carbons (Fsp3) is 0.150. The maximum absolute atomic E-state index is 12.4. The lowest BCUT2D eigenvalue weighted by Gasteiger charge is -2.08. The highest BCUT2D eigenvalue weighted by atomic mass is 35.5. The quantitative estimate of drug-likeness (QED) is 0.628. The lowest BCUT2D eigenvalue weighted by Crippen LogP contribution is -2.28. The van der Waals surface area contributed by atoms with E-state index >= 15 is 0 Å². The average molecular weight is 401 g/mol. The minimum Gasteiger partial charge on any atom is -0.451 e. The molecule has 3 rings (SSSR count). The number of esters is 1. The smallest absolute Gasteiger partial charge is 0.351 e. The van der Waals surface area contributed by atoms with Crippen LogP contribution in [-0.4, -0.2) is 23.5 Å². The van der Waals surface area contributed by atoms with Gasteiger partial charge in [0.15, 0.2) is 6.61 Å². The highest BCUT2D eigenvalue weighted by molar-refractivity contribution is 7.14. The van der Waals surface area contributed by atoms with E-state index in [0.29, 0.717) is 15.6 Å². The molecule has 1 aromatic heterocycles. The van der Waals surface area contributed by atoms with Crippen molar-refractivity contribution in [2.75, 3.05) is 6.61 Å². The molecular weight excluding hydrogens is 384 g/mol. The highest BCUT2D eigenvalue weighted by Crippen LogP contribution is 2.28. The molecule has 0 saturated carbocycles. The number of aryl methyl sites for hydroxylation is 1. The summed E-state index contributed by atoms with van der Waals surface area (Å²) in [5.74, 6) is -0.960. The van der Waals surface area contributed by atoms with Gasteiger partial charge in [-0.1, -0.05) is 60.1 Å². The molecule has 27 heavy (non-hydrogen) atoms. The van der Waals surface area contributed by atoms with Gasteiger partial charge in [-0.25, -0.2) is 9.78 Å². The van der Waals surface area contributed by atoms with Crippen LogP contribution in [0.1, 0.15) is 20.2 Å². The number of ether oxygens (including phenoxy) is 1. The summed E-state index contributed by atoms with van der Waals surface area (Å²) in [6.45, 7) is 1.73. The molecular formula is C20H17ClN2O3S. The summed E-state index contributed by atoms with van der Waals surface area (Å²) in [5.41, 5.74) is 2.19. The van der Waals surface area contributed by atoms with Gasteiger partial charge in [0.05, 0.1) is 10.7 Å². The Hall–Kier alpha value is -2.70. The Morgan fingerprint density at radius 3 is 2.56 bits per heavy atom. The van der Waals surface area contributed by atoms with Gasteiger partial charge in [-0.2, -0.15) is 0 Å². The molecule has 0 spiro atoms. The first kappa shape index (κ1) is 19.1. The van der Waals surface area contributed by atoms with Gasteiger partial charge >= 0.3 is 5.97 Å². The molecule has 1 amide bonds. The summed E-state index contributed by atoms with van der Waals surface area (Å²) in [7, 11) is 0. The van der Waals surface area contributed by atoms with Gasteiger partial charge in [-0.05, 0) is 18.6 Å². The Morgan fingerprint density at radius 1 is 1.11 bits per heavy atom. The number of nitrogens with one attached hydrogen (secondary N) is 1. The third kappa shape index (κ3) is 4.93. The van der Waals surface area contributed by atoms with E-state index in [1.54, 1.807) is 6.07 Å². The van der Waals surface area contributed by atoms with Gasteiger partial charge in [0, 0.05) is 17.1 Å². The number of hydrogen-bond donors (Lipinski definition) is 1. The highest BCUT2D eigenvalue weighted by Gasteiger charge is 2.20. The Morgan fingerprint density at radius 2 is 1.81 bits per heavy atom. The number of amides is 1. The summed E-state index contributed by atoms with van der Waals surface area (Å²) in [4.78, 5) is 29.2. The predicted molar refractivity (Wildman–Crippen MR) is 106 cm³/mol. The van der Waals surface area contributed by atoms with Crippen molar-refractivity contribution in [1.82, 2.24) is 10.3 Å². The van der Waals surface area contributed by atoms with Crippen LogP contribution >= 0.6 is 22.9 Å². The first-order chi connectivity index (χ1) is 13.0. The van der Waals surface area contributed by atoms with Gasteiger partial charge in [0.25, 0.3) is 5.91 Å². The number of aromatic nitrogens is 1. The van der Waals surface area contributed by atoms with Crippen LogP contribution in [0, 0.1) is 6.92 Å². The van der Waals surface area contributed by atoms with Crippen LogP contribution in [0.4, 0.5) is 0 Å². The van der Waals surface area contributed by atoms with E-state index in [-0.39, 0.29) is 13.2 Å². The molecule has 0 radical (unpaired) electrons. The molecule has 0 bridgehead atoms. The van der Waals surface area contributed by atoms with Crippen molar-refractivity contribution in [3.05, 3.63) is 75.1 Å². The third-order valence-electron chi connectivity index (χ3n) is 3.73. The minimum absolute atomic E-state index is 0.269. The van der Waals surface area contributed by atoms with Gasteiger partial charge in [0.2, 0.25) is 0 Å². The monoisotopic (exact) mass is 400 g/mol. The normalized spacial score (nSPS) is 10.4. The molecule has 0 aliphatic heterocycles. The zero-order valence-electron chi connectivity index (χ0n) is 14.6. The second-order valence-electron chi connectivity index (χ2n) is 5.72. The van der Waals surface area contributed by atoms with Crippen LogP contribution in [0.5, 0.6) is 0 Å². The van der Waals surface area contributed by atoms with E-state index < -0.39 is 11.9 Å². The standard InChI is InChI=1S/C20H17ClN2O3S/c1-13-23-18(14-7-3-2-4-8-14)19(27-13)20(25)26-12-17(24)22-11-15-9-5-6-10-16(15)21/h2-10H,11-12H2,1H3,(H,22,24). The molecule has 1 N–H and O–H groups in total. The molecule has 0 aliphatic carbocycles. The van der Waals surface area contributed by atoms with Crippen LogP contribution < -0.4 is 5.32 Å². The molecule has 1 heterocycles. The number of carbonyl (C=O) groups excluding carboxylic acids is 2. The number of hydrogen-bond acceptors (Lipinski definition) is 5. The van der Waals surface area contributed by atoms with Crippen molar-refractivity contribution in [3.8, 4) is 11.3 Å². The van der Waals surface area contributed by atoms with Gasteiger partial charge < -0.3 is 10.1 Å². The molecule has 0 aliphatic rings. The number of halogens is 1. The molecule has 7 heteroatoms. The topological polar surface area (TPSA) is 68.3 Å². The fourth-order valence-corrected chi connectivity index (χ4v) is 3.48. The lowest BCUT2D eigenvalue weighted by molar-refractivity contribution is -0.124. The van der Waals surface area contributed by atoms with E-state index in [0.717, 1.165) is 16.1 Å². The first-order valence-electron chi connectivity index (χ1n) is 8.24. The zero-order chi connectivity index (χ0) is 19.2. The molecule has 0 fully saturated rings. The van der Waals surface area contributed by atoms with E-state index in [1.807, 2.05) is 55.5 Å². The van der Waals surface area contributed by atoms with Crippen LogP contribution in [0.15, 0.2) is 54.6 Å². The van der Waals surface area contributed by atoms with Crippen molar-refractivity contribution in [1.29, 1.82) is 0 Å². The molecule has 0 atom stereocenters. The van der Waals surface area contributed by atoms with Crippen LogP contribution in [0.3, 0.4) is 0 Å². The second kappa shape index (κ2) is 8.79. The molecule has 3 aromatic rings. The van der Waals surface area contributed by atoms with Crippen LogP contribution in [0.25, 0.3) is 11.3 Å². The van der Waals surface area contributed by atoms with E-state index in [4.69, 9.17) is 16.3 Å². The summed E-state index contributed by atoms with van der Waals surface area (Å²) < 4.78 is 5.17. The Balaban J connectivity index is 1.60. The Bertz CT molecular complexity index is 957. The van der Waals surface area contributed by atoms with Crippen molar-refractivity contribution < 1.29 is 14.3 Å². The van der Waals surface area contributed by atoms with Crippen molar-refractivity contribution >= 4 is 34.8 Å². The third-order valence-corrected chi connectivity index (χ3v) is 5.05. The number of carbonyl (C=O) groups is 2. The summed E-state index contributed by atoms with van der Waals surface area (Å²) in [5, 5.41) is 4.01. The molecule has 0 unspecified atom stereocenters. The fourth-order valence-electron chi connectivity index (χ4n) is 2.44. The van der Waals surface area contributed by atoms with E-state index in [2.05, 4.69) is 10.3 Å². The first-order valence-corrected chi connectivity index (χ1v) is 9.44. The van der Waals surface area contributed by atoms with Crippen LogP contribution in [0.2, 0.25) is 5.02 Å². The molecule has 5 nitrogen and oxygen atoms in total. The average Bonchev–Trinajstić information content (AvgIpc) is 3.08. The van der Waals surface area contributed by atoms with Gasteiger partial charge in [-0.15, -0.1) is 11.3 Å². The number of nitrogens with zero attached hydrogens (tertiary/aromatic N) is 1. The van der Waals surface area contributed by atoms with Gasteiger partial charge in [0.1, 0.15) is 4.88 Å². The minimum atomic E-state index is -0.563. The summed E-state index contributed by atoms with van der Waals surface area (Å²) in [6.07, 6.45) is 0. The zero-order valence-corrected chi connectivity index (χ0v) is 16.1. The SMILES string of the molecule is Cc1nc(-c2ccccc2)c(C(=O)OCC(=O)NCc2ccccc2Cl)s1. The largest absolute Gasteiger partial charge is 0.451 e. The molecule has 138 valence electrons. The second-order valence-corrected chi connectivity index (χ2v) is 7.33. The summed E-state index contributed by atoms with van der Waals surface area (Å²) in [6, 6.07) is 16.6. The number of thiazole rings is 1. The number of benzene rings is 2. The van der Waals surface area contributed by atoms with Crippen molar-refractivity contribution in [3.63, 3.8) is 0 Å². The summed E-state index contributed by atoms with van der Waals surface area (Å²) >= 11 is 7.30. The lowest BCUT2D eigenvalue weighted by atomic mass is 10.1. The molecule has 0 saturated heterocycles. The van der Waals surface area contributed by atoms with Crippen LogP contribution in [-0.2, 0) is 16.1 Å². The maximum atomic E-state index is 12.4. The maximum Gasteiger partial charge on any atom is 0.351 e. The van der Waals surface area contributed by atoms with Crippen molar-refractivity contribution in [2.45, 2.75) is 13.5 Å². The van der Waals surface area contributed by atoms with E-state index in [1.165, 1.54) is 11.3 Å². The predicted octanol–water partition coefficient (Wildman–Crippen LogP) is 4.25.